The van der Waals surface area contributed by atoms with Crippen molar-refractivity contribution >= 4 is 21.6 Å². The number of aryl methyl sites for hydroxylation is 2. The number of hydrogen-bond acceptors (Lipinski definition) is 2. The van der Waals surface area contributed by atoms with Crippen molar-refractivity contribution in [2.45, 2.75) is 18.7 Å². The van der Waals surface area contributed by atoms with Gasteiger partial charge in [0.25, 0.3) is 0 Å². The van der Waals surface area contributed by atoms with Crippen LogP contribution >= 0.6 is 11.6 Å². The molecular weight excluding hydrogens is 354 g/mol. The predicted octanol–water partition coefficient (Wildman–Crippen LogP) is 4.94. The number of halogens is 1. The second-order valence-electron chi connectivity index (χ2n) is 6.01. The Morgan fingerprint density at radius 3 is 1.84 bits per heavy atom. The zero-order valence-corrected chi connectivity index (χ0v) is 15.5. The summed E-state index contributed by atoms with van der Waals surface area (Å²) >= 11 is 6.28. The normalized spacial score (nSPS) is 11.5. The van der Waals surface area contributed by atoms with Gasteiger partial charge in [-0.05, 0) is 59.9 Å². The molecular formula is C20H18ClNO2S. The van der Waals surface area contributed by atoms with Gasteiger partial charge in [-0.1, -0.05) is 54.1 Å². The topological polar surface area (TPSA) is 60.2 Å². The van der Waals surface area contributed by atoms with E-state index in [1.807, 2.05) is 50.2 Å². The predicted molar refractivity (Wildman–Crippen MR) is 103 cm³/mol. The highest BCUT2D eigenvalue weighted by atomic mass is 35.5. The third-order valence-electron chi connectivity index (χ3n) is 4.16. The van der Waals surface area contributed by atoms with Crippen LogP contribution in [-0.2, 0) is 10.0 Å². The SMILES string of the molecule is Cc1cc(-c2ccccc2-c2ccccc2S(N)(=O)=O)cc(C)c1Cl. The first kappa shape index (κ1) is 17.7. The van der Waals surface area contributed by atoms with Crippen molar-refractivity contribution < 1.29 is 8.42 Å². The van der Waals surface area contributed by atoms with Gasteiger partial charge in [0.15, 0.2) is 0 Å². The zero-order chi connectivity index (χ0) is 18.2. The van der Waals surface area contributed by atoms with Crippen molar-refractivity contribution in [3.05, 3.63) is 76.8 Å². The summed E-state index contributed by atoms with van der Waals surface area (Å²) in [4.78, 5) is 0.116. The van der Waals surface area contributed by atoms with Crippen LogP contribution in [0.5, 0.6) is 0 Å². The van der Waals surface area contributed by atoms with Gasteiger partial charge in [0.1, 0.15) is 0 Å². The van der Waals surface area contributed by atoms with Crippen LogP contribution in [0.15, 0.2) is 65.6 Å². The monoisotopic (exact) mass is 371 g/mol. The lowest BCUT2D eigenvalue weighted by molar-refractivity contribution is 0.598. The zero-order valence-electron chi connectivity index (χ0n) is 14.0. The van der Waals surface area contributed by atoms with Gasteiger partial charge < -0.3 is 0 Å². The molecule has 0 bridgehead atoms. The average molecular weight is 372 g/mol. The molecule has 2 N–H and O–H groups in total. The number of primary sulfonamides is 1. The summed E-state index contributed by atoms with van der Waals surface area (Å²) in [5.41, 5.74) is 5.28. The summed E-state index contributed by atoms with van der Waals surface area (Å²) in [6, 6.07) is 18.5. The van der Waals surface area contributed by atoms with Gasteiger partial charge in [0.2, 0.25) is 10.0 Å². The Labute approximate surface area is 153 Å². The maximum Gasteiger partial charge on any atom is 0.238 e. The van der Waals surface area contributed by atoms with E-state index in [9.17, 15) is 8.42 Å². The molecule has 0 aliphatic carbocycles. The van der Waals surface area contributed by atoms with Crippen LogP contribution in [0, 0.1) is 13.8 Å². The maximum absolute atomic E-state index is 12.0. The van der Waals surface area contributed by atoms with Gasteiger partial charge in [-0.25, -0.2) is 13.6 Å². The Balaban J connectivity index is 2.30. The van der Waals surface area contributed by atoms with E-state index in [1.54, 1.807) is 18.2 Å². The molecule has 0 saturated heterocycles. The van der Waals surface area contributed by atoms with Crippen molar-refractivity contribution in [2.24, 2.45) is 5.14 Å². The van der Waals surface area contributed by atoms with Crippen LogP contribution < -0.4 is 5.14 Å². The van der Waals surface area contributed by atoms with E-state index >= 15 is 0 Å². The first-order valence-electron chi connectivity index (χ1n) is 7.77. The molecule has 0 radical (unpaired) electrons. The fraction of sp³-hybridized carbons (Fsp3) is 0.100. The number of nitrogens with two attached hydrogens (primary N) is 1. The molecule has 25 heavy (non-hydrogen) atoms. The third kappa shape index (κ3) is 3.47. The second-order valence-corrected chi connectivity index (χ2v) is 7.92. The van der Waals surface area contributed by atoms with Crippen molar-refractivity contribution in [3.8, 4) is 22.3 Å². The quantitative estimate of drug-likeness (QED) is 0.708. The highest BCUT2D eigenvalue weighted by Gasteiger charge is 2.17. The lowest BCUT2D eigenvalue weighted by Crippen LogP contribution is -2.13. The number of benzene rings is 3. The molecule has 0 fully saturated rings. The van der Waals surface area contributed by atoms with Gasteiger partial charge in [-0.2, -0.15) is 0 Å². The molecule has 0 aromatic heterocycles. The first-order valence-corrected chi connectivity index (χ1v) is 9.70. The Hall–Kier alpha value is -2.14. The standard InChI is InChI=1S/C20H18ClNO2S/c1-13-11-15(12-14(2)20(13)21)16-7-3-4-8-17(16)18-9-5-6-10-19(18)25(22,23)24/h3-12H,1-2H3,(H2,22,23,24). The van der Waals surface area contributed by atoms with E-state index in [0.29, 0.717) is 5.56 Å². The average Bonchev–Trinajstić information content (AvgIpc) is 2.58. The van der Waals surface area contributed by atoms with Crippen LogP contribution in [0.4, 0.5) is 0 Å². The largest absolute Gasteiger partial charge is 0.238 e. The summed E-state index contributed by atoms with van der Waals surface area (Å²) in [6.45, 7) is 3.92. The van der Waals surface area contributed by atoms with E-state index in [2.05, 4.69) is 0 Å². The summed E-state index contributed by atoms with van der Waals surface area (Å²) < 4.78 is 24.0. The molecule has 0 unspecified atom stereocenters. The molecule has 0 aliphatic heterocycles. The molecule has 3 nitrogen and oxygen atoms in total. The minimum absolute atomic E-state index is 0.116. The lowest BCUT2D eigenvalue weighted by atomic mass is 9.93. The minimum atomic E-state index is -3.82. The third-order valence-corrected chi connectivity index (χ3v) is 5.72. The van der Waals surface area contributed by atoms with Gasteiger partial charge in [-0.15, -0.1) is 0 Å². The molecule has 3 aromatic carbocycles. The Morgan fingerprint density at radius 2 is 1.28 bits per heavy atom. The van der Waals surface area contributed by atoms with E-state index < -0.39 is 10.0 Å². The van der Waals surface area contributed by atoms with E-state index in [1.165, 1.54) is 6.07 Å². The summed E-state index contributed by atoms with van der Waals surface area (Å²) in [5.74, 6) is 0. The Kier molecular flexibility index (Phi) is 4.69. The van der Waals surface area contributed by atoms with Crippen LogP contribution in [0.25, 0.3) is 22.3 Å². The Bertz CT molecular complexity index is 1040. The van der Waals surface area contributed by atoms with E-state index in [0.717, 1.165) is 32.8 Å². The van der Waals surface area contributed by atoms with Crippen LogP contribution in [0.1, 0.15) is 11.1 Å². The highest BCUT2D eigenvalue weighted by Crippen LogP contribution is 2.37. The van der Waals surface area contributed by atoms with Crippen LogP contribution in [0.2, 0.25) is 5.02 Å². The van der Waals surface area contributed by atoms with Crippen molar-refractivity contribution in [1.82, 2.24) is 0 Å². The van der Waals surface area contributed by atoms with Crippen LogP contribution in [0.3, 0.4) is 0 Å². The van der Waals surface area contributed by atoms with Crippen molar-refractivity contribution in [2.75, 3.05) is 0 Å². The second kappa shape index (κ2) is 6.64. The van der Waals surface area contributed by atoms with Crippen molar-refractivity contribution in [1.29, 1.82) is 0 Å². The molecule has 5 heteroatoms. The fourth-order valence-electron chi connectivity index (χ4n) is 3.01. The van der Waals surface area contributed by atoms with Crippen LogP contribution in [-0.4, -0.2) is 8.42 Å². The molecule has 0 amide bonds. The number of hydrogen-bond donors (Lipinski definition) is 1. The van der Waals surface area contributed by atoms with Gasteiger partial charge in [-0.3, -0.25) is 0 Å². The first-order chi connectivity index (χ1) is 11.8. The fourth-order valence-corrected chi connectivity index (χ4v) is 3.87. The molecule has 0 aliphatic rings. The molecule has 3 rings (SSSR count). The van der Waals surface area contributed by atoms with E-state index in [4.69, 9.17) is 16.7 Å². The molecule has 0 saturated carbocycles. The molecule has 0 atom stereocenters. The molecule has 0 spiro atoms. The summed E-state index contributed by atoms with van der Waals surface area (Å²) in [7, 11) is -3.82. The van der Waals surface area contributed by atoms with Gasteiger partial charge >= 0.3 is 0 Å². The molecule has 128 valence electrons. The smallest absolute Gasteiger partial charge is 0.225 e. The highest BCUT2D eigenvalue weighted by molar-refractivity contribution is 7.89. The summed E-state index contributed by atoms with van der Waals surface area (Å²) in [5, 5.41) is 6.15. The number of rotatable bonds is 3. The van der Waals surface area contributed by atoms with Crippen molar-refractivity contribution in [3.63, 3.8) is 0 Å². The van der Waals surface area contributed by atoms with Gasteiger partial charge in [0.05, 0.1) is 4.90 Å². The molecule has 0 heterocycles. The lowest BCUT2D eigenvalue weighted by Gasteiger charge is -2.15. The minimum Gasteiger partial charge on any atom is -0.225 e. The summed E-state index contributed by atoms with van der Waals surface area (Å²) in [6.07, 6.45) is 0. The number of sulfonamides is 1. The molecule has 3 aromatic rings. The maximum atomic E-state index is 12.0. The van der Waals surface area contributed by atoms with E-state index in [-0.39, 0.29) is 4.90 Å². The Morgan fingerprint density at radius 1 is 0.800 bits per heavy atom. The van der Waals surface area contributed by atoms with Gasteiger partial charge in [0, 0.05) is 10.6 Å².